The molecule has 2 aliphatic rings. The number of hydrogen-bond donors (Lipinski definition) is 0. The molecule has 2 aromatic carbocycles. The molecule has 0 amide bonds. The summed E-state index contributed by atoms with van der Waals surface area (Å²) in [6.07, 6.45) is 6.99. The van der Waals surface area contributed by atoms with E-state index in [-0.39, 0.29) is 35.6 Å². The summed E-state index contributed by atoms with van der Waals surface area (Å²) in [6, 6.07) is 14.6. The third-order valence-electron chi connectivity index (χ3n) is 6.80. The van der Waals surface area contributed by atoms with E-state index >= 15 is 0 Å². The van der Waals surface area contributed by atoms with Crippen molar-refractivity contribution in [1.82, 2.24) is 0 Å². The summed E-state index contributed by atoms with van der Waals surface area (Å²) in [5.74, 6) is 0. The number of hydrogen-bond acceptors (Lipinski definition) is 1. The molecule has 0 spiro atoms. The molecule has 0 atom stereocenters. The Morgan fingerprint density at radius 3 is 2.18 bits per heavy atom. The minimum absolute atomic E-state index is 0. The van der Waals surface area contributed by atoms with Crippen LogP contribution in [-0.2, 0) is 40.5 Å². The predicted molar refractivity (Wildman–Crippen MR) is 137 cm³/mol. The van der Waals surface area contributed by atoms with Crippen molar-refractivity contribution in [1.29, 1.82) is 0 Å². The third kappa shape index (κ3) is 5.27. The van der Waals surface area contributed by atoms with Gasteiger partial charge in [0.05, 0.1) is 0 Å². The zero-order valence-corrected chi connectivity index (χ0v) is 25.6. The van der Waals surface area contributed by atoms with Gasteiger partial charge in [-0.2, -0.15) is 0 Å². The molecule has 34 heavy (non-hydrogen) atoms. The van der Waals surface area contributed by atoms with Crippen LogP contribution < -0.4 is 28.1 Å². The Labute approximate surface area is 233 Å². The van der Waals surface area contributed by atoms with Crippen LogP contribution in [0, 0.1) is 0 Å². The fraction of sp³-hybridized carbons (Fsp3) is 0.333. The van der Waals surface area contributed by atoms with Crippen LogP contribution in [0.4, 0.5) is 0 Å². The van der Waals surface area contributed by atoms with Crippen LogP contribution in [0.1, 0.15) is 75.8 Å². The Morgan fingerprint density at radius 2 is 1.53 bits per heavy atom. The molecule has 0 nitrogen and oxygen atoms in total. The molecule has 176 valence electrons. The van der Waals surface area contributed by atoms with Crippen LogP contribution >= 0.6 is 11.3 Å². The molecule has 0 aliphatic heterocycles. The van der Waals surface area contributed by atoms with E-state index in [0.717, 1.165) is 12.8 Å². The second-order valence-corrected chi connectivity index (χ2v) is 15.4. The van der Waals surface area contributed by atoms with Crippen LogP contribution in [0.15, 0.2) is 62.6 Å². The largest absolute Gasteiger partial charge is 1.00 e. The molecular weight excluding hydrogens is 555 g/mol. The molecule has 3 aromatic rings. The van der Waals surface area contributed by atoms with Crippen molar-refractivity contribution in [3.8, 4) is 11.1 Å². The van der Waals surface area contributed by atoms with Gasteiger partial charge in [-0.05, 0) is 0 Å². The Morgan fingerprint density at radius 1 is 0.824 bits per heavy atom. The first-order chi connectivity index (χ1) is 15.1. The van der Waals surface area contributed by atoms with Crippen molar-refractivity contribution >= 4 is 20.2 Å². The van der Waals surface area contributed by atoms with E-state index in [0.29, 0.717) is 0 Å². The van der Waals surface area contributed by atoms with Gasteiger partial charge in [0.25, 0.3) is 0 Å². The molecule has 5 rings (SSSR count). The molecule has 1 aromatic heterocycles. The van der Waals surface area contributed by atoms with Crippen molar-refractivity contribution in [3.63, 3.8) is 0 Å². The maximum Gasteiger partial charge on any atom is -1.00 e. The van der Waals surface area contributed by atoms with E-state index in [4.69, 9.17) is 0 Å². The SMILES string of the molecule is CC(C)(C)c1ccc2c(c1)-c1cc(C(C)(C)C)c[c]([Zr+2][C]3=C(c4ccsc4)C=CC3)c1C2.[Cl-].[Cl-]. The standard InChI is InChI=1S/C21H25.C9H7S.2ClH.Zr/c1-20(2,3)16-9-7-14-11-15-8-10-17(21(4,5)6)13-19(15)18(14)12-16;1-2-4-8(3-1)9-5-6-10-7-9;;;/h7,9-10,12-13H,11H2,1-6H3;1,3,5-7H,2H2;2*1H;/q;;;;+2/p-2. The van der Waals surface area contributed by atoms with E-state index in [9.17, 15) is 0 Å². The summed E-state index contributed by atoms with van der Waals surface area (Å²) >= 11 is 0.916. The minimum Gasteiger partial charge on any atom is -1.00 e. The number of rotatable bonds is 3. The molecule has 4 heteroatoms. The second-order valence-electron chi connectivity index (χ2n) is 11.2. The third-order valence-corrected chi connectivity index (χ3v) is 11.1. The molecule has 1 heterocycles. The first kappa shape index (κ1) is 27.7. The van der Waals surface area contributed by atoms with Gasteiger partial charge in [-0.3, -0.25) is 0 Å². The van der Waals surface area contributed by atoms with E-state index in [1.807, 2.05) is 0 Å². The zero-order chi connectivity index (χ0) is 22.7. The Bertz CT molecular complexity index is 1250. The van der Waals surface area contributed by atoms with Gasteiger partial charge in [-0.25, -0.2) is 0 Å². The summed E-state index contributed by atoms with van der Waals surface area (Å²) in [5, 5.41) is 4.52. The Hall–Kier alpha value is -0.917. The topological polar surface area (TPSA) is 0 Å². The van der Waals surface area contributed by atoms with Crippen LogP contribution in [0.3, 0.4) is 0 Å². The fourth-order valence-electron chi connectivity index (χ4n) is 4.76. The number of fused-ring (bicyclic) bond motifs is 3. The Balaban J connectivity index is 0.00000162. The van der Waals surface area contributed by atoms with Gasteiger partial charge in [0.1, 0.15) is 0 Å². The van der Waals surface area contributed by atoms with Crippen molar-refractivity contribution in [3.05, 3.63) is 90.4 Å². The maximum absolute atomic E-state index is 2.58. The molecular formula is C30H32Cl2SZr. The molecule has 0 saturated carbocycles. The average Bonchev–Trinajstić information content (AvgIpc) is 3.45. The van der Waals surface area contributed by atoms with Gasteiger partial charge in [-0.1, -0.05) is 0 Å². The fourth-order valence-corrected chi connectivity index (χ4v) is 9.12. The van der Waals surface area contributed by atoms with Crippen molar-refractivity contribution in [2.75, 3.05) is 0 Å². The summed E-state index contributed by atoms with van der Waals surface area (Å²) in [4.78, 5) is 0. The smallest absolute Gasteiger partial charge is 1.00 e. The minimum atomic E-state index is -0.890. The van der Waals surface area contributed by atoms with Gasteiger partial charge >= 0.3 is 210 Å². The predicted octanol–water partition coefficient (Wildman–Crippen LogP) is 2.00. The number of thiophene rings is 1. The molecule has 0 fully saturated rings. The van der Waals surface area contributed by atoms with Gasteiger partial charge in [0.15, 0.2) is 0 Å². The number of allylic oxidation sites excluding steroid dienone is 4. The average molecular weight is 587 g/mol. The molecule has 0 bridgehead atoms. The van der Waals surface area contributed by atoms with Crippen molar-refractivity contribution < 1.29 is 48.0 Å². The second kappa shape index (κ2) is 10.2. The summed E-state index contributed by atoms with van der Waals surface area (Å²) in [7, 11) is 0. The number of benzene rings is 2. The summed E-state index contributed by atoms with van der Waals surface area (Å²) in [5.41, 5.74) is 12.3. The van der Waals surface area contributed by atoms with Crippen molar-refractivity contribution in [2.24, 2.45) is 0 Å². The van der Waals surface area contributed by atoms with E-state index in [1.54, 1.807) is 23.5 Å². The van der Waals surface area contributed by atoms with Gasteiger partial charge in [0, 0.05) is 0 Å². The number of halogens is 2. The molecule has 2 aliphatic carbocycles. The molecule has 0 unspecified atom stereocenters. The van der Waals surface area contributed by atoms with Crippen LogP contribution in [0.2, 0.25) is 0 Å². The van der Waals surface area contributed by atoms with Crippen LogP contribution in [-0.4, -0.2) is 0 Å². The quantitative estimate of drug-likeness (QED) is 0.345. The van der Waals surface area contributed by atoms with E-state index in [1.165, 1.54) is 39.0 Å². The van der Waals surface area contributed by atoms with E-state index in [2.05, 4.69) is 101 Å². The molecule has 0 N–H and O–H groups in total. The first-order valence-electron chi connectivity index (χ1n) is 11.6. The summed E-state index contributed by atoms with van der Waals surface area (Å²) in [6.45, 7) is 14.0. The van der Waals surface area contributed by atoms with Gasteiger partial charge < -0.3 is 24.8 Å². The van der Waals surface area contributed by atoms with Crippen LogP contribution in [0.5, 0.6) is 0 Å². The Kier molecular flexibility index (Phi) is 8.31. The van der Waals surface area contributed by atoms with Crippen molar-refractivity contribution in [2.45, 2.75) is 65.2 Å². The monoisotopic (exact) mass is 584 g/mol. The van der Waals surface area contributed by atoms with Crippen LogP contribution in [0.25, 0.3) is 16.7 Å². The molecule has 0 saturated heterocycles. The summed E-state index contributed by atoms with van der Waals surface area (Å²) < 4.78 is 3.42. The van der Waals surface area contributed by atoms with E-state index < -0.39 is 23.2 Å². The first-order valence-corrected chi connectivity index (χ1v) is 15.0. The zero-order valence-electron chi connectivity index (χ0n) is 20.9. The van der Waals surface area contributed by atoms with Gasteiger partial charge in [0.2, 0.25) is 0 Å². The van der Waals surface area contributed by atoms with Gasteiger partial charge in [-0.15, -0.1) is 0 Å². The maximum atomic E-state index is 2.58. The molecule has 0 radical (unpaired) electrons. The normalized spacial score (nSPS) is 14.3.